The van der Waals surface area contributed by atoms with Crippen molar-refractivity contribution in [1.29, 1.82) is 0 Å². The smallest absolute Gasteiger partial charge is 0.231 e. The van der Waals surface area contributed by atoms with Gasteiger partial charge in [0.15, 0.2) is 0 Å². The fraction of sp³-hybridized carbons (Fsp3) is 0.286. The van der Waals surface area contributed by atoms with E-state index in [2.05, 4.69) is 10.6 Å². The molecule has 0 atom stereocenters. The van der Waals surface area contributed by atoms with E-state index in [9.17, 15) is 19.2 Å². The summed E-state index contributed by atoms with van der Waals surface area (Å²) in [6, 6.07) is 4.49. The number of hydrogen-bond donors (Lipinski definition) is 2. The third-order valence-corrected chi connectivity index (χ3v) is 2.67. The molecular weight excluding hydrogens is 296 g/mol. The lowest BCUT2D eigenvalue weighted by Gasteiger charge is -2.10. The third-order valence-electron chi connectivity index (χ3n) is 2.34. The monoisotopic (exact) mass is 310 g/mol. The highest BCUT2D eigenvalue weighted by Gasteiger charge is 2.11. The molecule has 0 fully saturated rings. The lowest BCUT2D eigenvalue weighted by molar-refractivity contribution is -0.125. The number of carbonyl (C=O) groups is 4. The molecule has 0 spiro atoms. The lowest BCUT2D eigenvalue weighted by Crippen LogP contribution is -2.16. The van der Waals surface area contributed by atoms with Gasteiger partial charge in [-0.3, -0.25) is 19.2 Å². The first-order valence-electron chi connectivity index (χ1n) is 6.16. The summed E-state index contributed by atoms with van der Waals surface area (Å²) in [6.45, 7) is 2.62. The van der Waals surface area contributed by atoms with E-state index in [0.717, 1.165) is 0 Å². The molecule has 112 valence electrons. The van der Waals surface area contributed by atoms with Gasteiger partial charge in [0, 0.05) is 5.69 Å². The van der Waals surface area contributed by atoms with Crippen LogP contribution >= 0.6 is 11.6 Å². The topological polar surface area (TPSA) is 92.3 Å². The van der Waals surface area contributed by atoms with E-state index < -0.39 is 11.8 Å². The number of carbonyl (C=O) groups excluding carboxylic acids is 4. The van der Waals surface area contributed by atoms with Crippen molar-refractivity contribution in [1.82, 2.24) is 0 Å². The molecule has 1 rings (SSSR count). The Labute approximate surface area is 126 Å². The summed E-state index contributed by atoms with van der Waals surface area (Å²) in [4.78, 5) is 44.7. The van der Waals surface area contributed by atoms with Gasteiger partial charge in [-0.2, -0.15) is 0 Å². The van der Waals surface area contributed by atoms with E-state index in [1.54, 1.807) is 6.07 Å². The summed E-state index contributed by atoms with van der Waals surface area (Å²) in [7, 11) is 0. The molecule has 1 aromatic rings. The van der Waals surface area contributed by atoms with Crippen LogP contribution in [0, 0.1) is 0 Å². The second kappa shape index (κ2) is 7.54. The molecule has 0 aromatic heterocycles. The second-order valence-electron chi connectivity index (χ2n) is 4.55. The quantitative estimate of drug-likeness (QED) is 0.788. The van der Waals surface area contributed by atoms with Crippen molar-refractivity contribution in [3.63, 3.8) is 0 Å². The van der Waals surface area contributed by atoms with Crippen LogP contribution in [0.25, 0.3) is 0 Å². The van der Waals surface area contributed by atoms with Gasteiger partial charge in [-0.05, 0) is 32.0 Å². The number of anilines is 2. The zero-order valence-corrected chi connectivity index (χ0v) is 12.4. The average Bonchev–Trinajstić information content (AvgIpc) is 2.31. The molecule has 1 aromatic carbocycles. The molecule has 0 aliphatic rings. The fourth-order valence-electron chi connectivity index (χ4n) is 1.55. The predicted octanol–water partition coefficient (Wildman–Crippen LogP) is 2.18. The molecule has 7 heteroatoms. The maximum Gasteiger partial charge on any atom is 0.231 e. The molecule has 0 aliphatic heterocycles. The summed E-state index contributed by atoms with van der Waals surface area (Å²) in [5, 5.41) is 5.28. The Morgan fingerprint density at radius 2 is 1.48 bits per heavy atom. The van der Waals surface area contributed by atoms with Crippen LogP contribution in [0.4, 0.5) is 11.4 Å². The first-order valence-corrected chi connectivity index (χ1v) is 6.54. The predicted molar refractivity (Wildman–Crippen MR) is 79.3 cm³/mol. The van der Waals surface area contributed by atoms with E-state index in [1.807, 2.05) is 0 Å². The third kappa shape index (κ3) is 6.18. The van der Waals surface area contributed by atoms with Crippen molar-refractivity contribution in [2.45, 2.75) is 26.7 Å². The van der Waals surface area contributed by atoms with Crippen LogP contribution in [0.1, 0.15) is 26.7 Å². The summed E-state index contributed by atoms with van der Waals surface area (Å²) in [6.07, 6.45) is -0.480. The zero-order chi connectivity index (χ0) is 16.0. The molecule has 0 unspecified atom stereocenters. The van der Waals surface area contributed by atoms with Crippen molar-refractivity contribution in [3.8, 4) is 0 Å². The number of amides is 2. The minimum atomic E-state index is -0.489. The van der Waals surface area contributed by atoms with E-state index >= 15 is 0 Å². The van der Waals surface area contributed by atoms with Gasteiger partial charge in [0.25, 0.3) is 0 Å². The Bertz CT molecular complexity index is 599. The Morgan fingerprint density at radius 1 is 0.952 bits per heavy atom. The maximum absolute atomic E-state index is 11.5. The lowest BCUT2D eigenvalue weighted by atomic mass is 10.2. The normalized spacial score (nSPS) is 9.86. The molecule has 0 saturated carbocycles. The number of nitrogens with one attached hydrogen (secondary N) is 2. The van der Waals surface area contributed by atoms with E-state index in [0.29, 0.717) is 5.69 Å². The molecule has 0 bridgehead atoms. The maximum atomic E-state index is 11.5. The summed E-state index contributed by atoms with van der Waals surface area (Å²) < 4.78 is 0. The summed E-state index contributed by atoms with van der Waals surface area (Å²) in [5.41, 5.74) is 0.673. The fourth-order valence-corrected chi connectivity index (χ4v) is 1.72. The SMILES string of the molecule is CC(=O)CC(=O)Nc1ccc(Cl)c(NC(=O)CC(C)=O)c1. The Hall–Kier alpha value is -2.21. The number of benzene rings is 1. The van der Waals surface area contributed by atoms with Crippen molar-refractivity contribution < 1.29 is 19.2 Å². The van der Waals surface area contributed by atoms with Crippen molar-refractivity contribution in [2.75, 3.05) is 10.6 Å². The number of Topliss-reactive ketones (excluding diaryl/α,β-unsaturated/α-hetero) is 2. The molecule has 0 saturated heterocycles. The van der Waals surface area contributed by atoms with Crippen LogP contribution < -0.4 is 10.6 Å². The van der Waals surface area contributed by atoms with Crippen LogP contribution in [-0.4, -0.2) is 23.4 Å². The average molecular weight is 311 g/mol. The van der Waals surface area contributed by atoms with Crippen LogP contribution in [0.15, 0.2) is 18.2 Å². The number of hydrogen-bond acceptors (Lipinski definition) is 4. The molecule has 2 amide bonds. The highest BCUT2D eigenvalue weighted by molar-refractivity contribution is 6.34. The molecule has 6 nitrogen and oxygen atoms in total. The number of halogens is 1. The van der Waals surface area contributed by atoms with E-state index in [1.165, 1.54) is 26.0 Å². The van der Waals surface area contributed by atoms with Gasteiger partial charge in [0.2, 0.25) is 11.8 Å². The molecular formula is C14H15ClN2O4. The summed E-state index contributed by atoms with van der Waals surface area (Å²) in [5.74, 6) is -1.46. The molecule has 0 heterocycles. The largest absolute Gasteiger partial charge is 0.326 e. The van der Waals surface area contributed by atoms with Crippen LogP contribution in [0.3, 0.4) is 0 Å². The number of rotatable bonds is 6. The number of ketones is 2. The first-order chi connectivity index (χ1) is 9.77. The minimum absolute atomic E-state index is 0.228. The van der Waals surface area contributed by atoms with Crippen LogP contribution in [0.2, 0.25) is 5.02 Å². The van der Waals surface area contributed by atoms with Gasteiger partial charge in [-0.25, -0.2) is 0 Å². The van der Waals surface area contributed by atoms with Gasteiger partial charge in [-0.1, -0.05) is 11.6 Å². The van der Waals surface area contributed by atoms with Crippen molar-refractivity contribution in [3.05, 3.63) is 23.2 Å². The Morgan fingerprint density at radius 3 is 2.00 bits per heavy atom. The van der Waals surface area contributed by atoms with Gasteiger partial charge >= 0.3 is 0 Å². The van der Waals surface area contributed by atoms with Crippen molar-refractivity contribution in [2.24, 2.45) is 0 Å². The van der Waals surface area contributed by atoms with Gasteiger partial charge < -0.3 is 10.6 Å². The first kappa shape index (κ1) is 16.8. The second-order valence-corrected chi connectivity index (χ2v) is 4.96. The van der Waals surface area contributed by atoms with Gasteiger partial charge in [-0.15, -0.1) is 0 Å². The van der Waals surface area contributed by atoms with E-state index in [-0.39, 0.29) is 35.1 Å². The molecule has 0 radical (unpaired) electrons. The minimum Gasteiger partial charge on any atom is -0.326 e. The highest BCUT2D eigenvalue weighted by atomic mass is 35.5. The van der Waals surface area contributed by atoms with Crippen LogP contribution in [-0.2, 0) is 19.2 Å². The molecule has 21 heavy (non-hydrogen) atoms. The molecule has 0 aliphatic carbocycles. The van der Waals surface area contributed by atoms with Crippen molar-refractivity contribution >= 4 is 46.4 Å². The Kier molecular flexibility index (Phi) is 6.05. The van der Waals surface area contributed by atoms with Crippen LogP contribution in [0.5, 0.6) is 0 Å². The standard InChI is InChI=1S/C14H15ClN2O4/c1-8(18)5-13(20)16-10-3-4-11(15)12(7-10)17-14(21)6-9(2)19/h3-4,7H,5-6H2,1-2H3,(H,16,20)(H,17,21). The zero-order valence-electron chi connectivity index (χ0n) is 11.7. The highest BCUT2D eigenvalue weighted by Crippen LogP contribution is 2.25. The molecule has 2 N–H and O–H groups in total. The Balaban J connectivity index is 2.80. The summed E-state index contributed by atoms with van der Waals surface area (Å²) >= 11 is 5.93. The van der Waals surface area contributed by atoms with E-state index in [4.69, 9.17) is 11.6 Å². The van der Waals surface area contributed by atoms with Gasteiger partial charge in [0.05, 0.1) is 23.6 Å². The van der Waals surface area contributed by atoms with Gasteiger partial charge in [0.1, 0.15) is 11.6 Å².